The predicted molar refractivity (Wildman–Crippen MR) is 51.7 cm³/mol. The van der Waals surface area contributed by atoms with E-state index in [2.05, 4.69) is 0 Å². The van der Waals surface area contributed by atoms with Crippen molar-refractivity contribution < 1.29 is 54.0 Å². The van der Waals surface area contributed by atoms with Crippen LogP contribution in [0.1, 0.15) is 12.8 Å². The van der Waals surface area contributed by atoms with Gasteiger partial charge in [0.2, 0.25) is 0 Å². The summed E-state index contributed by atoms with van der Waals surface area (Å²) in [5.74, 6) is -5.02. The first-order chi connectivity index (χ1) is 7.78. The molecule has 106 valence electrons. The van der Waals surface area contributed by atoms with Crippen molar-refractivity contribution in [2.75, 3.05) is 0 Å². The van der Waals surface area contributed by atoms with E-state index >= 15 is 0 Å². The van der Waals surface area contributed by atoms with Gasteiger partial charge in [-0.15, -0.1) is 0 Å². The van der Waals surface area contributed by atoms with E-state index in [-0.39, 0.29) is 0 Å². The van der Waals surface area contributed by atoms with Crippen LogP contribution >= 0.6 is 0 Å². The van der Waals surface area contributed by atoms with Gasteiger partial charge < -0.3 is 39.6 Å². The minimum absolute atomic E-state index is 1.14. The Balaban J connectivity index is 0. The van der Waals surface area contributed by atoms with Crippen LogP contribution in [0.3, 0.4) is 0 Å². The van der Waals surface area contributed by atoms with Crippen LogP contribution in [0.25, 0.3) is 0 Å². The van der Waals surface area contributed by atoms with Crippen LogP contribution in [0.4, 0.5) is 0 Å². The SMILES string of the molecule is O=C(O)CC(O)(CC(=O)O)C(=O)O.O[Si](O)(O)O. The van der Waals surface area contributed by atoms with Gasteiger partial charge in [-0.3, -0.25) is 9.59 Å². The second-order valence-corrected chi connectivity index (χ2v) is 4.28. The van der Waals surface area contributed by atoms with E-state index in [1.165, 1.54) is 0 Å². The molecule has 18 heavy (non-hydrogen) atoms. The Bertz CT molecular complexity index is 296. The quantitative estimate of drug-likeness (QED) is 0.229. The molecule has 8 N–H and O–H groups in total. The Kier molecular flexibility index (Phi) is 7.30. The van der Waals surface area contributed by atoms with Gasteiger partial charge in [-0.2, -0.15) is 0 Å². The molecule has 0 aromatic rings. The molecule has 0 aromatic heterocycles. The normalized spacial score (nSPS) is 11.2. The van der Waals surface area contributed by atoms with Gasteiger partial charge in [0.05, 0.1) is 12.8 Å². The lowest BCUT2D eigenvalue weighted by Gasteiger charge is -2.18. The van der Waals surface area contributed by atoms with Crippen molar-refractivity contribution in [2.45, 2.75) is 18.4 Å². The molecule has 11 nitrogen and oxygen atoms in total. The minimum Gasteiger partial charge on any atom is -0.481 e. The average Bonchev–Trinajstić information content (AvgIpc) is 1.95. The Morgan fingerprint density at radius 3 is 1.17 bits per heavy atom. The molecule has 0 fully saturated rings. The van der Waals surface area contributed by atoms with Gasteiger partial charge in [0, 0.05) is 0 Å². The summed E-state index contributed by atoms with van der Waals surface area (Å²) in [4.78, 5) is 59.8. The molecule has 0 aliphatic rings. The van der Waals surface area contributed by atoms with Gasteiger partial charge in [-0.1, -0.05) is 0 Å². The van der Waals surface area contributed by atoms with Crippen molar-refractivity contribution in [3.05, 3.63) is 0 Å². The third-order valence-electron chi connectivity index (χ3n) is 1.29. The molecule has 0 rings (SSSR count). The third kappa shape index (κ3) is 12.5. The highest BCUT2D eigenvalue weighted by Gasteiger charge is 2.40. The first-order valence-electron chi connectivity index (χ1n) is 4.07. The van der Waals surface area contributed by atoms with Crippen LogP contribution in [-0.4, -0.2) is 72.2 Å². The van der Waals surface area contributed by atoms with E-state index in [1.807, 2.05) is 0 Å². The number of carboxylic acids is 3. The molecule has 0 aromatic carbocycles. The minimum atomic E-state index is -4.61. The van der Waals surface area contributed by atoms with Crippen molar-refractivity contribution in [2.24, 2.45) is 0 Å². The van der Waals surface area contributed by atoms with E-state index in [4.69, 9.17) is 39.6 Å². The van der Waals surface area contributed by atoms with E-state index in [9.17, 15) is 14.4 Å². The molecule has 12 heteroatoms. The number of aliphatic carboxylic acids is 3. The molecule has 0 saturated heterocycles. The lowest BCUT2D eigenvalue weighted by Crippen LogP contribution is -2.42. The highest BCUT2D eigenvalue weighted by atomic mass is 28.4. The number of hydrogen-bond acceptors (Lipinski definition) is 8. The summed E-state index contributed by atoms with van der Waals surface area (Å²) in [7, 11) is -4.61. The van der Waals surface area contributed by atoms with Crippen molar-refractivity contribution >= 4 is 27.0 Å². The summed E-state index contributed by atoms with van der Waals surface area (Å²) in [5.41, 5.74) is -2.74. The summed E-state index contributed by atoms with van der Waals surface area (Å²) in [6.45, 7) is 0. The number of hydrogen-bond donors (Lipinski definition) is 8. The molecule has 0 aliphatic heterocycles. The second-order valence-electron chi connectivity index (χ2n) is 3.08. The molecule has 0 bridgehead atoms. The molecule has 0 radical (unpaired) electrons. The van der Waals surface area contributed by atoms with Crippen LogP contribution in [-0.2, 0) is 14.4 Å². The summed E-state index contributed by atoms with van der Waals surface area (Å²) >= 11 is 0. The zero-order valence-electron chi connectivity index (χ0n) is 8.72. The topological polar surface area (TPSA) is 213 Å². The standard InChI is InChI=1S/C6H8O7.H4O4Si/c7-3(8)1-6(13,5(11)12)2-4(9)10;1-5(2,3)4/h13H,1-2H2,(H,7,8)(H,9,10)(H,11,12);1-4H. The number of carbonyl (C=O) groups is 3. The highest BCUT2D eigenvalue weighted by molar-refractivity contribution is 6.46. The van der Waals surface area contributed by atoms with Crippen molar-refractivity contribution in [1.82, 2.24) is 0 Å². The number of carboxylic acid groups (broad SMARTS) is 3. The second kappa shape index (κ2) is 6.99. The maximum atomic E-state index is 10.3. The molecule has 0 heterocycles. The number of aliphatic hydroxyl groups is 1. The molecule has 0 spiro atoms. The fourth-order valence-electron chi connectivity index (χ4n) is 0.714. The zero-order valence-corrected chi connectivity index (χ0v) is 9.72. The average molecular weight is 288 g/mol. The maximum Gasteiger partial charge on any atom is 0.668 e. The molecule has 0 atom stereocenters. The van der Waals surface area contributed by atoms with Crippen LogP contribution < -0.4 is 0 Å². The Hall–Kier alpha value is -1.57. The maximum absolute atomic E-state index is 10.3. The summed E-state index contributed by atoms with van der Waals surface area (Å²) < 4.78 is 0. The van der Waals surface area contributed by atoms with Gasteiger partial charge >= 0.3 is 27.0 Å². The number of rotatable bonds is 5. The van der Waals surface area contributed by atoms with Crippen LogP contribution in [0, 0.1) is 0 Å². The Labute approximate surface area is 100 Å². The Morgan fingerprint density at radius 2 is 1.06 bits per heavy atom. The summed E-state index contributed by atoms with van der Waals surface area (Å²) in [6, 6.07) is 0. The lowest BCUT2D eigenvalue weighted by molar-refractivity contribution is -0.170. The van der Waals surface area contributed by atoms with E-state index < -0.39 is 45.4 Å². The fraction of sp³-hybridized carbons (Fsp3) is 0.500. The summed E-state index contributed by atoms with van der Waals surface area (Å²) in [5, 5.41) is 33.8. The smallest absolute Gasteiger partial charge is 0.481 e. The first-order valence-corrected chi connectivity index (χ1v) is 5.85. The van der Waals surface area contributed by atoms with E-state index in [0.717, 1.165) is 0 Å². The van der Waals surface area contributed by atoms with Gasteiger partial charge in [-0.05, 0) is 0 Å². The summed E-state index contributed by atoms with van der Waals surface area (Å²) in [6.07, 6.45) is -2.29. The zero-order chi connectivity index (χ0) is 15.1. The van der Waals surface area contributed by atoms with Gasteiger partial charge in [-0.25, -0.2) is 4.79 Å². The first kappa shape index (κ1) is 18.8. The molecule has 0 unspecified atom stereocenters. The fourth-order valence-corrected chi connectivity index (χ4v) is 0.714. The molecule has 0 amide bonds. The van der Waals surface area contributed by atoms with E-state index in [1.54, 1.807) is 0 Å². The van der Waals surface area contributed by atoms with Crippen molar-refractivity contribution in [3.8, 4) is 0 Å². The Morgan fingerprint density at radius 1 is 0.833 bits per heavy atom. The van der Waals surface area contributed by atoms with Crippen molar-refractivity contribution in [1.29, 1.82) is 0 Å². The monoisotopic (exact) mass is 288 g/mol. The molecular formula is C6H12O11Si. The van der Waals surface area contributed by atoms with Crippen molar-refractivity contribution in [3.63, 3.8) is 0 Å². The van der Waals surface area contributed by atoms with E-state index in [0.29, 0.717) is 0 Å². The predicted octanol–water partition coefficient (Wildman–Crippen LogP) is -3.86. The largest absolute Gasteiger partial charge is 0.668 e. The molecular weight excluding hydrogens is 276 g/mol. The lowest BCUT2D eigenvalue weighted by atomic mass is 9.96. The van der Waals surface area contributed by atoms with Crippen LogP contribution in [0.5, 0.6) is 0 Å². The van der Waals surface area contributed by atoms with Crippen LogP contribution in [0.15, 0.2) is 0 Å². The third-order valence-corrected chi connectivity index (χ3v) is 1.29. The highest BCUT2D eigenvalue weighted by Crippen LogP contribution is 2.15. The molecule has 0 aliphatic carbocycles. The van der Waals surface area contributed by atoms with Gasteiger partial charge in [0.1, 0.15) is 0 Å². The van der Waals surface area contributed by atoms with Crippen LogP contribution in [0.2, 0.25) is 0 Å². The van der Waals surface area contributed by atoms with Gasteiger partial charge in [0.15, 0.2) is 5.60 Å². The molecule has 0 saturated carbocycles. The van der Waals surface area contributed by atoms with Gasteiger partial charge in [0.25, 0.3) is 0 Å².